The van der Waals surface area contributed by atoms with Crippen molar-refractivity contribution < 1.29 is 13.9 Å². The van der Waals surface area contributed by atoms with Crippen LogP contribution in [-0.2, 0) is 11.0 Å². The maximum atomic E-state index is 13.1. The molecule has 2 aliphatic rings. The van der Waals surface area contributed by atoms with Gasteiger partial charge >= 0.3 is 0 Å². The normalized spacial score (nSPS) is 19.3. The van der Waals surface area contributed by atoms with Crippen molar-refractivity contribution in [2.45, 2.75) is 38.3 Å². The maximum Gasteiger partial charge on any atom is 0.254 e. The first-order valence-electron chi connectivity index (χ1n) is 10.9. The van der Waals surface area contributed by atoms with Gasteiger partial charge in [-0.3, -0.25) is 9.18 Å². The van der Waals surface area contributed by atoms with E-state index in [0.717, 1.165) is 48.4 Å². The Labute approximate surface area is 188 Å². The van der Waals surface area contributed by atoms with E-state index in [9.17, 15) is 4.79 Å². The summed E-state index contributed by atoms with van der Waals surface area (Å²) in [5.74, 6) is 0.874. The molecule has 0 bridgehead atoms. The summed E-state index contributed by atoms with van der Waals surface area (Å²) in [6, 6.07) is 15.6. The summed E-state index contributed by atoms with van der Waals surface area (Å²) in [4.78, 5) is 17.6. The van der Waals surface area contributed by atoms with Gasteiger partial charge in [0.05, 0.1) is 6.21 Å². The lowest BCUT2D eigenvalue weighted by Gasteiger charge is -2.28. The van der Waals surface area contributed by atoms with Crippen molar-refractivity contribution in [2.75, 3.05) is 26.2 Å². The van der Waals surface area contributed by atoms with Crippen molar-refractivity contribution >= 4 is 24.0 Å². The molecule has 0 spiro atoms. The molecular weight excluding hydrogens is 414 g/mol. The summed E-state index contributed by atoms with van der Waals surface area (Å²) >= 11 is 5.07. The first kappa shape index (κ1) is 21.7. The fourth-order valence-electron chi connectivity index (χ4n) is 4.36. The molecule has 7 heteroatoms. The van der Waals surface area contributed by atoms with Crippen LogP contribution >= 0.6 is 11.9 Å². The fourth-order valence-corrected chi connectivity index (χ4v) is 4.40. The van der Waals surface area contributed by atoms with Gasteiger partial charge in [-0.25, -0.2) is 0 Å². The standard InChI is InChI=1S/C24H28ClN3O3/c25-31-26-16-19-5-7-20(8-6-19)18-30-23-11-9-21(10-12-23)24(29)28-15-3-4-22(28)17-27-13-1-2-14-27/h5-12,16,22H,1-4,13-15,17-18H2/b26-16+. The Balaban J connectivity index is 1.31. The molecule has 2 saturated heterocycles. The topological polar surface area (TPSA) is 54.4 Å². The van der Waals surface area contributed by atoms with E-state index in [1.807, 2.05) is 48.5 Å². The van der Waals surface area contributed by atoms with E-state index in [4.69, 9.17) is 16.6 Å². The van der Waals surface area contributed by atoms with Crippen molar-refractivity contribution in [3.63, 3.8) is 0 Å². The number of halogens is 1. The Hall–Kier alpha value is -2.57. The molecule has 0 N–H and O–H groups in total. The van der Waals surface area contributed by atoms with E-state index in [-0.39, 0.29) is 5.91 Å². The number of benzene rings is 2. The number of nitrogens with zero attached hydrogens (tertiary/aromatic N) is 3. The second-order valence-corrected chi connectivity index (χ2v) is 8.30. The molecule has 0 saturated carbocycles. The van der Waals surface area contributed by atoms with Gasteiger partial charge in [0.15, 0.2) is 11.9 Å². The number of oxime groups is 1. The monoisotopic (exact) mass is 441 g/mol. The van der Waals surface area contributed by atoms with Crippen LogP contribution in [0.15, 0.2) is 53.7 Å². The summed E-state index contributed by atoms with van der Waals surface area (Å²) in [5, 5.41) is 3.52. The first-order valence-corrected chi connectivity index (χ1v) is 11.2. The molecule has 0 aromatic heterocycles. The minimum atomic E-state index is 0.131. The molecule has 1 amide bonds. The van der Waals surface area contributed by atoms with Gasteiger partial charge in [-0.1, -0.05) is 29.4 Å². The Kier molecular flexibility index (Phi) is 7.43. The van der Waals surface area contributed by atoms with Crippen molar-refractivity contribution in [1.29, 1.82) is 0 Å². The van der Waals surface area contributed by atoms with E-state index < -0.39 is 0 Å². The van der Waals surface area contributed by atoms with E-state index in [0.29, 0.717) is 12.6 Å². The number of ether oxygens (including phenoxy) is 1. The third kappa shape index (κ3) is 5.77. The van der Waals surface area contributed by atoms with E-state index >= 15 is 0 Å². The largest absolute Gasteiger partial charge is 0.489 e. The highest BCUT2D eigenvalue weighted by atomic mass is 35.5. The molecule has 1 atom stereocenters. The molecule has 6 nitrogen and oxygen atoms in total. The summed E-state index contributed by atoms with van der Waals surface area (Å²) in [6.45, 7) is 4.65. The molecule has 0 aliphatic carbocycles. The van der Waals surface area contributed by atoms with Crippen molar-refractivity contribution in [3.8, 4) is 5.75 Å². The van der Waals surface area contributed by atoms with E-state index in [1.54, 1.807) is 0 Å². The second kappa shape index (κ2) is 10.6. The number of hydrogen-bond acceptors (Lipinski definition) is 5. The number of carbonyl (C=O) groups excluding carboxylic acids is 1. The van der Waals surface area contributed by atoms with Gasteiger partial charge in [0.2, 0.25) is 0 Å². The SMILES string of the molecule is O=C(c1ccc(OCc2ccc(/C=N/OCl)cc2)cc1)N1CCCC1CN1CCCC1. The van der Waals surface area contributed by atoms with Gasteiger partial charge in [-0.05, 0) is 74.2 Å². The molecule has 2 heterocycles. The van der Waals surface area contributed by atoms with Gasteiger partial charge in [0, 0.05) is 24.7 Å². The number of hydrogen-bond donors (Lipinski definition) is 0. The van der Waals surface area contributed by atoms with Gasteiger partial charge in [0.25, 0.3) is 5.91 Å². The van der Waals surface area contributed by atoms with Crippen LogP contribution in [-0.4, -0.2) is 54.1 Å². The third-order valence-electron chi connectivity index (χ3n) is 6.03. The minimum absolute atomic E-state index is 0.131. The zero-order chi connectivity index (χ0) is 21.5. The van der Waals surface area contributed by atoms with Crippen LogP contribution in [0.25, 0.3) is 0 Å². The molecule has 0 radical (unpaired) electrons. The zero-order valence-corrected chi connectivity index (χ0v) is 18.3. The van der Waals surface area contributed by atoms with Gasteiger partial charge in [-0.15, -0.1) is 0 Å². The molecule has 4 rings (SSSR count). The average Bonchev–Trinajstić information content (AvgIpc) is 3.49. The molecule has 2 fully saturated rings. The highest BCUT2D eigenvalue weighted by Crippen LogP contribution is 2.23. The zero-order valence-electron chi connectivity index (χ0n) is 17.6. The molecule has 2 aromatic carbocycles. The van der Waals surface area contributed by atoms with Crippen LogP contribution in [0.2, 0.25) is 0 Å². The number of rotatable bonds is 8. The van der Waals surface area contributed by atoms with Crippen LogP contribution in [0.1, 0.15) is 47.2 Å². The Bertz CT molecular complexity index is 880. The van der Waals surface area contributed by atoms with Gasteiger partial charge < -0.3 is 14.5 Å². The summed E-state index contributed by atoms with van der Waals surface area (Å²) in [6.07, 6.45) is 6.29. The third-order valence-corrected chi connectivity index (χ3v) is 6.11. The Morgan fingerprint density at radius 1 is 1.03 bits per heavy atom. The molecular formula is C24H28ClN3O3. The lowest BCUT2D eigenvalue weighted by molar-refractivity contribution is 0.0708. The highest BCUT2D eigenvalue weighted by molar-refractivity contribution is 6.07. The lowest BCUT2D eigenvalue weighted by Crippen LogP contribution is -2.42. The summed E-state index contributed by atoms with van der Waals surface area (Å²) in [5.41, 5.74) is 2.65. The van der Waals surface area contributed by atoms with Crippen molar-refractivity contribution in [3.05, 3.63) is 65.2 Å². The Morgan fingerprint density at radius 2 is 1.77 bits per heavy atom. The van der Waals surface area contributed by atoms with Gasteiger partial charge in [-0.2, -0.15) is 0 Å². The average molecular weight is 442 g/mol. The predicted octanol–water partition coefficient (Wildman–Crippen LogP) is 4.47. The number of amides is 1. The lowest BCUT2D eigenvalue weighted by atomic mass is 10.1. The van der Waals surface area contributed by atoms with E-state index in [2.05, 4.69) is 19.3 Å². The minimum Gasteiger partial charge on any atom is -0.489 e. The summed E-state index contributed by atoms with van der Waals surface area (Å²) in [7, 11) is 0. The first-order chi connectivity index (χ1) is 15.2. The maximum absolute atomic E-state index is 13.1. The molecule has 31 heavy (non-hydrogen) atoms. The molecule has 2 aliphatic heterocycles. The van der Waals surface area contributed by atoms with Gasteiger partial charge in [0.1, 0.15) is 12.4 Å². The molecule has 1 unspecified atom stereocenters. The van der Waals surface area contributed by atoms with Crippen molar-refractivity contribution in [1.82, 2.24) is 9.80 Å². The highest BCUT2D eigenvalue weighted by Gasteiger charge is 2.31. The van der Waals surface area contributed by atoms with Crippen LogP contribution in [0.5, 0.6) is 5.75 Å². The van der Waals surface area contributed by atoms with Crippen molar-refractivity contribution in [2.24, 2.45) is 5.16 Å². The van der Waals surface area contributed by atoms with Crippen LogP contribution < -0.4 is 4.74 Å². The van der Waals surface area contributed by atoms with E-state index in [1.165, 1.54) is 32.1 Å². The fraction of sp³-hybridized carbons (Fsp3) is 0.417. The second-order valence-electron chi connectivity index (χ2n) is 8.16. The predicted molar refractivity (Wildman–Crippen MR) is 121 cm³/mol. The van der Waals surface area contributed by atoms with Crippen LogP contribution in [0, 0.1) is 0 Å². The summed E-state index contributed by atoms with van der Waals surface area (Å²) < 4.78 is 10.0. The van der Waals surface area contributed by atoms with Crippen LogP contribution in [0.4, 0.5) is 0 Å². The Morgan fingerprint density at radius 3 is 2.48 bits per heavy atom. The quantitative estimate of drug-likeness (QED) is 0.448. The number of likely N-dealkylation sites (tertiary alicyclic amines) is 2. The number of carbonyl (C=O) groups is 1. The smallest absolute Gasteiger partial charge is 0.254 e. The van der Waals surface area contributed by atoms with Crippen LogP contribution in [0.3, 0.4) is 0 Å². The molecule has 164 valence electrons. The molecule has 2 aromatic rings.